The van der Waals surface area contributed by atoms with Gasteiger partial charge in [0.05, 0.1) is 21.3 Å². The maximum absolute atomic E-state index is 12.7. The van der Waals surface area contributed by atoms with Crippen LogP contribution in [0.15, 0.2) is 30.3 Å². The number of rotatable bonds is 8. The molecule has 1 saturated carbocycles. The van der Waals surface area contributed by atoms with E-state index in [0.717, 1.165) is 55.0 Å². The van der Waals surface area contributed by atoms with Gasteiger partial charge in [-0.25, -0.2) is 9.59 Å². The van der Waals surface area contributed by atoms with Crippen molar-refractivity contribution in [1.29, 1.82) is 0 Å². The van der Waals surface area contributed by atoms with E-state index < -0.39 is 24.1 Å². The lowest BCUT2D eigenvalue weighted by Gasteiger charge is -2.18. The second kappa shape index (κ2) is 15.9. The van der Waals surface area contributed by atoms with Crippen LogP contribution in [0.3, 0.4) is 0 Å². The van der Waals surface area contributed by atoms with E-state index in [1.165, 1.54) is 36.8 Å². The summed E-state index contributed by atoms with van der Waals surface area (Å²) in [4.78, 5) is 32.3. The summed E-state index contributed by atoms with van der Waals surface area (Å²) >= 11 is 13.0. The number of nitrogens with one attached hydrogen (secondary N) is 3. The van der Waals surface area contributed by atoms with Crippen molar-refractivity contribution in [3.05, 3.63) is 62.6 Å². The molecule has 0 radical (unpaired) electrons. The predicted octanol–water partition coefficient (Wildman–Crippen LogP) is 3.62. The lowest BCUT2D eigenvalue weighted by molar-refractivity contribution is -0.165. The molecule has 2 aromatic rings. The van der Waals surface area contributed by atoms with Gasteiger partial charge in [-0.15, -0.1) is 0 Å². The molecule has 41 heavy (non-hydrogen) atoms. The number of aliphatic hydroxyl groups is 2. The Labute approximate surface area is 249 Å². The number of amides is 1. The van der Waals surface area contributed by atoms with Crippen LogP contribution >= 0.6 is 23.2 Å². The minimum atomic E-state index is -2.27. The van der Waals surface area contributed by atoms with Gasteiger partial charge in [-0.3, -0.25) is 4.79 Å². The van der Waals surface area contributed by atoms with E-state index in [2.05, 4.69) is 22.0 Å². The fraction of sp³-hybridized carbons (Fsp3) is 0.483. The molecule has 224 valence electrons. The zero-order chi connectivity index (χ0) is 29.9. The fourth-order valence-electron chi connectivity index (χ4n) is 4.93. The van der Waals surface area contributed by atoms with Gasteiger partial charge in [0.25, 0.3) is 5.91 Å². The molecule has 7 N–H and O–H groups in total. The van der Waals surface area contributed by atoms with Crippen LogP contribution < -0.4 is 16.0 Å². The zero-order valence-corrected chi connectivity index (χ0v) is 24.2. The molecule has 1 aliphatic heterocycles. The monoisotopic (exact) mass is 609 g/mol. The largest absolute Gasteiger partial charge is 0.479 e. The van der Waals surface area contributed by atoms with Crippen molar-refractivity contribution >= 4 is 46.7 Å². The standard InChI is InChI=1S/C25H31Cl2N3O.C4H6O6/c26-22-10-8-18-11-13-28-14-12-20(18)24(22)29-16-17-7-9-21(23(27)15-17)25(31)30-19-5-3-1-2-4-6-19;5-1(3(7)8)2(6)4(9)10/h7-10,15,19,28-29H,1-6,11-14,16H2,(H,30,31);1-2,5-6H,(H,7,8)(H,9,10)/t;1-,2-/m.1/s1. The summed E-state index contributed by atoms with van der Waals surface area (Å²) in [5.74, 6) is -3.61. The summed E-state index contributed by atoms with van der Waals surface area (Å²) in [5, 5.41) is 43.9. The van der Waals surface area contributed by atoms with Crippen LogP contribution in [0.4, 0.5) is 5.69 Å². The zero-order valence-electron chi connectivity index (χ0n) is 22.7. The normalized spacial score (nSPS) is 17.0. The highest BCUT2D eigenvalue weighted by Gasteiger charge is 2.29. The molecule has 0 bridgehead atoms. The number of halogens is 2. The number of carbonyl (C=O) groups excluding carboxylic acids is 1. The number of hydrogen-bond acceptors (Lipinski definition) is 7. The van der Waals surface area contributed by atoms with E-state index in [9.17, 15) is 14.4 Å². The van der Waals surface area contributed by atoms with Crippen LogP contribution in [0.5, 0.6) is 0 Å². The Balaban J connectivity index is 0.000000397. The molecule has 1 amide bonds. The average molecular weight is 611 g/mol. The molecular formula is C29H37Cl2N3O7. The first-order valence-electron chi connectivity index (χ1n) is 13.7. The van der Waals surface area contributed by atoms with E-state index >= 15 is 0 Å². The Bertz CT molecular complexity index is 1200. The lowest BCUT2D eigenvalue weighted by Crippen LogP contribution is -2.39. The van der Waals surface area contributed by atoms with Crippen LogP contribution in [0.1, 0.15) is 65.6 Å². The first-order chi connectivity index (χ1) is 19.6. The third kappa shape index (κ3) is 9.58. The van der Waals surface area contributed by atoms with Crippen molar-refractivity contribution < 1.29 is 34.8 Å². The number of fused-ring (bicyclic) bond motifs is 1. The quantitative estimate of drug-likeness (QED) is 0.221. The summed E-state index contributed by atoms with van der Waals surface area (Å²) in [6, 6.07) is 10.1. The number of anilines is 1. The minimum Gasteiger partial charge on any atom is -0.479 e. The van der Waals surface area contributed by atoms with Gasteiger partial charge in [0.1, 0.15) is 0 Å². The first kappa shape index (κ1) is 32.6. The molecule has 0 aromatic heterocycles. The summed E-state index contributed by atoms with van der Waals surface area (Å²) in [5.41, 5.74) is 5.22. The molecular weight excluding hydrogens is 573 g/mol. The highest BCUT2D eigenvalue weighted by atomic mass is 35.5. The van der Waals surface area contributed by atoms with E-state index in [1.54, 1.807) is 0 Å². The lowest BCUT2D eigenvalue weighted by atomic mass is 10.0. The summed E-state index contributed by atoms with van der Waals surface area (Å²) in [7, 11) is 0. The van der Waals surface area contributed by atoms with Gasteiger partial charge in [0, 0.05) is 12.6 Å². The van der Waals surface area contributed by atoms with Crippen LogP contribution in [0, 0.1) is 0 Å². The van der Waals surface area contributed by atoms with Gasteiger partial charge >= 0.3 is 11.9 Å². The average Bonchev–Trinajstić information content (AvgIpc) is 3.35. The van der Waals surface area contributed by atoms with Gasteiger partial charge in [-0.1, -0.05) is 61.0 Å². The molecule has 0 saturated heterocycles. The maximum atomic E-state index is 12.7. The van der Waals surface area contributed by atoms with E-state index in [0.29, 0.717) is 17.1 Å². The third-order valence-corrected chi connectivity index (χ3v) is 7.85. The number of carboxylic acid groups (broad SMARTS) is 2. The minimum absolute atomic E-state index is 0.0691. The van der Waals surface area contributed by atoms with Gasteiger partial charge in [0.2, 0.25) is 0 Å². The topological polar surface area (TPSA) is 168 Å². The molecule has 4 rings (SSSR count). The summed E-state index contributed by atoms with van der Waals surface area (Å²) in [6.07, 6.45) is 4.45. The van der Waals surface area contributed by atoms with Crippen molar-refractivity contribution in [3.8, 4) is 0 Å². The second-order valence-electron chi connectivity index (χ2n) is 10.2. The van der Waals surface area contributed by atoms with Crippen molar-refractivity contribution in [2.24, 2.45) is 0 Å². The Morgan fingerprint density at radius 3 is 2.12 bits per heavy atom. The van der Waals surface area contributed by atoms with E-state index in [1.807, 2.05) is 24.3 Å². The molecule has 2 aromatic carbocycles. The molecule has 10 nitrogen and oxygen atoms in total. The van der Waals surface area contributed by atoms with Gasteiger partial charge in [0.15, 0.2) is 12.2 Å². The molecule has 12 heteroatoms. The third-order valence-electron chi connectivity index (χ3n) is 7.22. The molecule has 0 spiro atoms. The van der Waals surface area contributed by atoms with Gasteiger partial charge in [-0.05, 0) is 73.7 Å². The number of benzene rings is 2. The molecule has 1 heterocycles. The molecule has 1 aliphatic carbocycles. The van der Waals surface area contributed by atoms with Gasteiger partial charge < -0.3 is 36.4 Å². The maximum Gasteiger partial charge on any atom is 0.335 e. The number of aliphatic hydroxyl groups excluding tert-OH is 2. The number of hydrogen-bond donors (Lipinski definition) is 7. The number of aliphatic carboxylic acids is 2. The van der Waals surface area contributed by atoms with E-state index in [-0.39, 0.29) is 11.9 Å². The Morgan fingerprint density at radius 2 is 1.51 bits per heavy atom. The Morgan fingerprint density at radius 1 is 0.878 bits per heavy atom. The first-order valence-corrected chi connectivity index (χ1v) is 14.5. The number of carbonyl (C=O) groups is 3. The van der Waals surface area contributed by atoms with Crippen molar-refractivity contribution in [3.63, 3.8) is 0 Å². The van der Waals surface area contributed by atoms with Crippen molar-refractivity contribution in [2.75, 3.05) is 18.4 Å². The summed E-state index contributed by atoms with van der Waals surface area (Å²) < 4.78 is 0. The smallest absolute Gasteiger partial charge is 0.335 e. The second-order valence-corrected chi connectivity index (χ2v) is 11.0. The Kier molecular flexibility index (Phi) is 12.7. The van der Waals surface area contributed by atoms with Crippen LogP contribution in [-0.2, 0) is 29.0 Å². The van der Waals surface area contributed by atoms with Gasteiger partial charge in [-0.2, -0.15) is 0 Å². The number of carboxylic acids is 2. The predicted molar refractivity (Wildman–Crippen MR) is 157 cm³/mol. The highest BCUT2D eigenvalue weighted by molar-refractivity contribution is 6.34. The molecule has 2 aliphatic rings. The highest BCUT2D eigenvalue weighted by Crippen LogP contribution is 2.31. The fourth-order valence-corrected chi connectivity index (χ4v) is 5.47. The van der Waals surface area contributed by atoms with Crippen LogP contribution in [-0.4, -0.2) is 69.6 Å². The molecule has 1 fully saturated rings. The molecule has 2 atom stereocenters. The van der Waals surface area contributed by atoms with E-state index in [4.69, 9.17) is 43.6 Å². The van der Waals surface area contributed by atoms with Crippen LogP contribution in [0.25, 0.3) is 0 Å². The van der Waals surface area contributed by atoms with Crippen molar-refractivity contribution in [1.82, 2.24) is 10.6 Å². The van der Waals surface area contributed by atoms with Crippen molar-refractivity contribution in [2.45, 2.75) is 76.2 Å². The SMILES string of the molecule is O=C(NC1CCCCCC1)c1ccc(CNc2c(Cl)ccc3c2CCNCC3)cc1Cl.O=C(O)[C@H](O)[C@@H](O)C(=O)O. The van der Waals surface area contributed by atoms with Crippen LogP contribution in [0.2, 0.25) is 10.0 Å². The Hall–Kier alpha value is -2.89. The molecule has 0 unspecified atom stereocenters. The summed E-state index contributed by atoms with van der Waals surface area (Å²) in [6.45, 7) is 2.56.